The van der Waals surface area contributed by atoms with E-state index < -0.39 is 13.1 Å². The first kappa shape index (κ1) is 21.5. The summed E-state index contributed by atoms with van der Waals surface area (Å²) >= 11 is 0. The molecule has 0 bridgehead atoms. The number of anilines is 2. The zero-order chi connectivity index (χ0) is 22.8. The van der Waals surface area contributed by atoms with Crippen LogP contribution in [-0.4, -0.2) is 35.5 Å². The number of hydrogen-bond donors (Lipinski definition) is 0. The van der Waals surface area contributed by atoms with Crippen molar-refractivity contribution < 1.29 is 14.2 Å². The summed E-state index contributed by atoms with van der Waals surface area (Å²) in [6.07, 6.45) is 0.756. The molecule has 3 aromatic rings. The third-order valence-corrected chi connectivity index (χ3v) is 9.81. The number of likely N-dealkylation sites (tertiary alicyclic amines) is 1. The molecule has 1 atom stereocenters. The average molecular weight is 459 g/mol. The Hall–Kier alpha value is -3.37. The molecule has 0 N–H and O–H groups in total. The van der Waals surface area contributed by atoms with Crippen LogP contribution in [0.2, 0.25) is 0 Å². The van der Waals surface area contributed by atoms with Gasteiger partial charge in [0.2, 0.25) is 11.8 Å². The maximum atomic E-state index is 15.1. The molecule has 7 heteroatoms. The van der Waals surface area contributed by atoms with Crippen molar-refractivity contribution in [3.8, 4) is 0 Å². The summed E-state index contributed by atoms with van der Waals surface area (Å²) in [4.78, 5) is 28.0. The smallest absolute Gasteiger partial charge is 0.275 e. The van der Waals surface area contributed by atoms with Crippen LogP contribution in [0.5, 0.6) is 0 Å². The van der Waals surface area contributed by atoms with Gasteiger partial charge in [-0.25, -0.2) is 0 Å². The van der Waals surface area contributed by atoms with Crippen molar-refractivity contribution in [2.24, 2.45) is 0 Å². The first-order chi connectivity index (χ1) is 16.1. The van der Waals surface area contributed by atoms with Crippen LogP contribution in [-0.2, 0) is 20.7 Å². The molecule has 0 radical (unpaired) electrons. The number of imide groups is 1. The molecule has 6 nitrogen and oxygen atoms in total. The van der Waals surface area contributed by atoms with E-state index >= 15 is 4.57 Å². The molecule has 0 spiro atoms. The molecule has 168 valence electrons. The number of para-hydroxylation sites is 2. The monoisotopic (exact) mass is 459 g/mol. The van der Waals surface area contributed by atoms with Crippen molar-refractivity contribution in [2.75, 3.05) is 22.4 Å². The lowest BCUT2D eigenvalue weighted by atomic mass is 10.2. The number of carbonyl (C=O) groups excluding carboxylic acids is 2. The fourth-order valence-corrected chi connectivity index (χ4v) is 8.31. The summed E-state index contributed by atoms with van der Waals surface area (Å²) in [5.74, 6) is -0.619. The van der Waals surface area contributed by atoms with Gasteiger partial charge in [0.25, 0.3) is 7.44 Å². The highest BCUT2D eigenvalue weighted by atomic mass is 31.2. The zero-order valence-electron chi connectivity index (χ0n) is 18.3. The van der Waals surface area contributed by atoms with Gasteiger partial charge in [0.15, 0.2) is 0 Å². The van der Waals surface area contributed by atoms with E-state index in [1.54, 1.807) is 0 Å². The molecule has 2 heterocycles. The van der Waals surface area contributed by atoms with Gasteiger partial charge in [-0.1, -0.05) is 66.7 Å². The highest BCUT2D eigenvalue weighted by Gasteiger charge is 2.56. The van der Waals surface area contributed by atoms with Crippen LogP contribution >= 0.6 is 7.44 Å². The lowest BCUT2D eigenvalue weighted by Crippen LogP contribution is -2.45. The molecule has 2 aliphatic rings. The topological polar surface area (TPSA) is 60.9 Å². The van der Waals surface area contributed by atoms with Crippen LogP contribution in [0.4, 0.5) is 11.4 Å². The van der Waals surface area contributed by atoms with Crippen molar-refractivity contribution >= 4 is 30.6 Å². The Morgan fingerprint density at radius 2 is 1.21 bits per heavy atom. The van der Waals surface area contributed by atoms with Crippen molar-refractivity contribution in [2.45, 2.75) is 25.0 Å². The molecule has 2 aliphatic heterocycles. The van der Waals surface area contributed by atoms with Crippen LogP contribution in [0.25, 0.3) is 0 Å². The van der Waals surface area contributed by atoms with E-state index in [1.807, 2.05) is 100 Å². The Kier molecular flexibility index (Phi) is 5.77. The molecule has 0 aliphatic carbocycles. The molecule has 5 rings (SSSR count). The Morgan fingerprint density at radius 1 is 0.727 bits per heavy atom. The summed E-state index contributed by atoms with van der Waals surface area (Å²) in [5.41, 5.74) is 1.59. The van der Waals surface area contributed by atoms with Crippen molar-refractivity contribution in [3.63, 3.8) is 0 Å². The van der Waals surface area contributed by atoms with Gasteiger partial charge in [0.1, 0.15) is 5.66 Å². The van der Waals surface area contributed by atoms with Crippen molar-refractivity contribution in [3.05, 3.63) is 96.6 Å². The van der Waals surface area contributed by atoms with Gasteiger partial charge in [0.05, 0.1) is 6.54 Å². The molecule has 1 unspecified atom stereocenters. The number of carbonyl (C=O) groups is 2. The maximum Gasteiger partial charge on any atom is 0.275 e. The summed E-state index contributed by atoms with van der Waals surface area (Å²) in [5, 5.41) is 0. The summed E-state index contributed by atoms with van der Waals surface area (Å²) in [7, 11) is -3.51. The molecular formula is C26H26N3O3P. The highest BCUT2D eigenvalue weighted by Crippen LogP contribution is 2.64. The van der Waals surface area contributed by atoms with E-state index in [2.05, 4.69) is 0 Å². The normalized spacial score (nSPS) is 20.4. The molecule has 0 saturated carbocycles. The molecule has 0 aromatic heterocycles. The van der Waals surface area contributed by atoms with Crippen molar-refractivity contribution in [1.82, 2.24) is 4.90 Å². The number of hydrogen-bond acceptors (Lipinski definition) is 3. The van der Waals surface area contributed by atoms with Crippen LogP contribution in [0, 0.1) is 0 Å². The quantitative estimate of drug-likeness (QED) is 0.400. The van der Waals surface area contributed by atoms with Crippen LogP contribution < -0.4 is 9.34 Å². The minimum atomic E-state index is -3.51. The number of nitrogens with zero attached hydrogens (tertiary/aromatic N) is 3. The van der Waals surface area contributed by atoms with E-state index in [0.717, 1.165) is 23.4 Å². The zero-order valence-corrected chi connectivity index (χ0v) is 19.2. The molecule has 3 aromatic carbocycles. The minimum Gasteiger partial charge on any atom is -0.306 e. The molecule has 2 fully saturated rings. The maximum absolute atomic E-state index is 15.1. The number of rotatable bonds is 5. The third kappa shape index (κ3) is 3.85. The van der Waals surface area contributed by atoms with Crippen LogP contribution in [0.1, 0.15) is 18.4 Å². The lowest BCUT2D eigenvalue weighted by Gasteiger charge is -2.47. The van der Waals surface area contributed by atoms with E-state index in [4.69, 9.17) is 0 Å². The standard InChI is InChI=1S/C26H26N3O3P/c30-25-19-24(26(31)27(25)20-21-11-4-1-5-12-21)33(32)28(22-13-6-2-7-14-22)17-10-18-29(33)23-15-8-3-9-16-23/h1-9,11-16,24H,10,17-20H2. The fourth-order valence-electron chi connectivity index (χ4n) is 4.77. The summed E-state index contributed by atoms with van der Waals surface area (Å²) < 4.78 is 18.9. The first-order valence-corrected chi connectivity index (χ1v) is 12.9. The number of amides is 2. The Balaban J connectivity index is 1.56. The summed E-state index contributed by atoms with van der Waals surface area (Å²) in [6, 6.07) is 28.6. The second-order valence-electron chi connectivity index (χ2n) is 8.38. The lowest BCUT2D eigenvalue weighted by molar-refractivity contribution is -0.138. The van der Waals surface area contributed by atoms with Gasteiger partial charge in [-0.05, 0) is 36.2 Å². The molecule has 33 heavy (non-hydrogen) atoms. The SMILES string of the molecule is O=C1CC(P2(=O)N(c3ccccc3)CCCN2c2ccccc2)C(=O)N1Cc1ccccc1. The van der Waals surface area contributed by atoms with E-state index in [9.17, 15) is 9.59 Å². The van der Waals surface area contributed by atoms with Gasteiger partial charge in [-0.2, -0.15) is 0 Å². The van der Waals surface area contributed by atoms with Gasteiger partial charge < -0.3 is 9.34 Å². The predicted molar refractivity (Wildman–Crippen MR) is 130 cm³/mol. The molecular weight excluding hydrogens is 433 g/mol. The Bertz CT molecular complexity index is 1140. The Labute approximate surface area is 193 Å². The predicted octanol–water partition coefficient (Wildman–Crippen LogP) is 4.92. The van der Waals surface area contributed by atoms with E-state index in [1.165, 1.54) is 4.90 Å². The second-order valence-corrected chi connectivity index (χ2v) is 11.2. The van der Waals surface area contributed by atoms with E-state index in [-0.39, 0.29) is 24.8 Å². The largest absolute Gasteiger partial charge is 0.306 e. The van der Waals surface area contributed by atoms with E-state index in [0.29, 0.717) is 13.1 Å². The summed E-state index contributed by atoms with van der Waals surface area (Å²) in [6.45, 7) is 1.34. The van der Waals surface area contributed by atoms with Gasteiger partial charge in [0, 0.05) is 30.9 Å². The van der Waals surface area contributed by atoms with Crippen molar-refractivity contribution in [1.29, 1.82) is 0 Å². The molecule has 2 saturated heterocycles. The fraction of sp³-hybridized carbons (Fsp3) is 0.231. The average Bonchev–Trinajstić information content (AvgIpc) is 3.15. The van der Waals surface area contributed by atoms with Crippen LogP contribution in [0.3, 0.4) is 0 Å². The second kappa shape index (κ2) is 8.87. The molecule has 2 amide bonds. The first-order valence-electron chi connectivity index (χ1n) is 11.2. The minimum absolute atomic E-state index is 0.0460. The van der Waals surface area contributed by atoms with Gasteiger partial charge in [-0.15, -0.1) is 0 Å². The highest BCUT2D eigenvalue weighted by molar-refractivity contribution is 7.69. The van der Waals surface area contributed by atoms with Crippen LogP contribution in [0.15, 0.2) is 91.0 Å². The Morgan fingerprint density at radius 3 is 1.73 bits per heavy atom. The van der Waals surface area contributed by atoms with Gasteiger partial charge in [-0.3, -0.25) is 19.1 Å². The van der Waals surface area contributed by atoms with Gasteiger partial charge >= 0.3 is 0 Å². The number of benzene rings is 3. The third-order valence-electron chi connectivity index (χ3n) is 6.35.